The van der Waals surface area contributed by atoms with Gasteiger partial charge < -0.3 is 20.6 Å². The van der Waals surface area contributed by atoms with Gasteiger partial charge in [0.25, 0.3) is 0 Å². The van der Waals surface area contributed by atoms with E-state index in [-0.39, 0.29) is 24.3 Å². The number of carboxylic acid groups (broad SMARTS) is 1. The molecule has 0 saturated carbocycles. The van der Waals surface area contributed by atoms with E-state index in [2.05, 4.69) is 10.6 Å². The predicted octanol–water partition coefficient (Wildman–Crippen LogP) is 3.50. The zero-order chi connectivity index (χ0) is 20.8. The number of nitrogens with one attached hydrogen (secondary N) is 2. The lowest BCUT2D eigenvalue weighted by molar-refractivity contribution is -0.136. The number of urea groups is 1. The monoisotopic (exact) mass is 395 g/mol. The number of para-hydroxylation sites is 1. The smallest absolute Gasteiger partial charge is 0.321 e. The van der Waals surface area contributed by atoms with Gasteiger partial charge in [0.05, 0.1) is 12.3 Å². The van der Waals surface area contributed by atoms with Crippen LogP contribution < -0.4 is 10.6 Å². The van der Waals surface area contributed by atoms with Crippen molar-refractivity contribution in [3.63, 3.8) is 0 Å². The fourth-order valence-corrected chi connectivity index (χ4v) is 3.50. The van der Waals surface area contributed by atoms with Gasteiger partial charge in [-0.25, -0.2) is 4.79 Å². The van der Waals surface area contributed by atoms with E-state index in [0.29, 0.717) is 30.8 Å². The summed E-state index contributed by atoms with van der Waals surface area (Å²) in [5, 5.41) is 14.8. The van der Waals surface area contributed by atoms with Gasteiger partial charge in [-0.3, -0.25) is 9.59 Å². The molecule has 0 radical (unpaired) electrons. The summed E-state index contributed by atoms with van der Waals surface area (Å²) in [4.78, 5) is 38.0. The van der Waals surface area contributed by atoms with Crippen molar-refractivity contribution in [1.82, 2.24) is 4.90 Å². The number of hydrogen-bond donors (Lipinski definition) is 3. The van der Waals surface area contributed by atoms with Gasteiger partial charge in [0.15, 0.2) is 0 Å². The molecule has 1 aliphatic heterocycles. The van der Waals surface area contributed by atoms with E-state index < -0.39 is 5.97 Å². The summed E-state index contributed by atoms with van der Waals surface area (Å²) in [6.45, 7) is 2.88. The van der Waals surface area contributed by atoms with Crippen molar-refractivity contribution in [2.24, 2.45) is 5.92 Å². The lowest BCUT2D eigenvalue weighted by Gasteiger charge is -2.32. The highest BCUT2D eigenvalue weighted by atomic mass is 16.4. The number of aliphatic carboxylic acids is 1. The molecule has 3 N–H and O–H groups in total. The van der Waals surface area contributed by atoms with Gasteiger partial charge in [-0.05, 0) is 49.1 Å². The van der Waals surface area contributed by atoms with Crippen molar-refractivity contribution >= 4 is 29.3 Å². The maximum atomic E-state index is 12.8. The number of hydrogen-bond acceptors (Lipinski definition) is 3. The van der Waals surface area contributed by atoms with Gasteiger partial charge in [0.2, 0.25) is 5.91 Å². The van der Waals surface area contributed by atoms with E-state index in [1.807, 2.05) is 31.2 Å². The van der Waals surface area contributed by atoms with E-state index in [4.69, 9.17) is 5.11 Å². The van der Waals surface area contributed by atoms with Crippen molar-refractivity contribution in [2.45, 2.75) is 26.2 Å². The highest BCUT2D eigenvalue weighted by Crippen LogP contribution is 2.22. The van der Waals surface area contributed by atoms with Crippen molar-refractivity contribution in [3.05, 3.63) is 59.7 Å². The molecule has 0 spiro atoms. The molecule has 1 atom stereocenters. The number of carbonyl (C=O) groups excluding carboxylic acids is 2. The Bertz CT molecular complexity index is 912. The molecular weight excluding hydrogens is 370 g/mol. The first-order valence-corrected chi connectivity index (χ1v) is 9.65. The highest BCUT2D eigenvalue weighted by molar-refractivity contribution is 5.95. The van der Waals surface area contributed by atoms with Crippen LogP contribution in [0.25, 0.3) is 0 Å². The first kappa shape index (κ1) is 20.4. The third-order valence-corrected chi connectivity index (χ3v) is 4.97. The molecule has 1 unspecified atom stereocenters. The van der Waals surface area contributed by atoms with Crippen LogP contribution in [0.2, 0.25) is 0 Å². The minimum atomic E-state index is -0.955. The number of carboxylic acids is 1. The van der Waals surface area contributed by atoms with Crippen LogP contribution in [0.3, 0.4) is 0 Å². The molecule has 3 rings (SSSR count). The molecule has 2 aromatic rings. The SMILES string of the molecule is Cc1cccc(NC(=O)N2CCCC(C(=O)Nc3ccccc3CC(=O)O)C2)c1. The second-order valence-corrected chi connectivity index (χ2v) is 7.30. The first-order chi connectivity index (χ1) is 13.9. The van der Waals surface area contributed by atoms with Crippen LogP contribution in [0.5, 0.6) is 0 Å². The van der Waals surface area contributed by atoms with E-state index in [9.17, 15) is 14.4 Å². The first-order valence-electron chi connectivity index (χ1n) is 9.65. The molecule has 1 heterocycles. The molecule has 152 valence electrons. The number of benzene rings is 2. The zero-order valence-corrected chi connectivity index (χ0v) is 16.4. The standard InChI is InChI=1S/C22H25N3O4/c1-15-6-4-9-18(12-15)23-22(29)25-11-5-8-17(14-25)21(28)24-19-10-3-2-7-16(19)13-20(26)27/h2-4,6-7,9-10,12,17H,5,8,11,13-14H2,1H3,(H,23,29)(H,24,28)(H,26,27). The van der Waals surface area contributed by atoms with Gasteiger partial charge in [-0.15, -0.1) is 0 Å². The summed E-state index contributed by atoms with van der Waals surface area (Å²) in [5.41, 5.74) is 2.84. The second-order valence-electron chi connectivity index (χ2n) is 7.30. The average molecular weight is 395 g/mol. The Hall–Kier alpha value is -3.35. The van der Waals surface area contributed by atoms with Gasteiger partial charge in [-0.2, -0.15) is 0 Å². The molecular formula is C22H25N3O4. The van der Waals surface area contributed by atoms with Crippen LogP contribution in [0, 0.1) is 12.8 Å². The summed E-state index contributed by atoms with van der Waals surface area (Å²) < 4.78 is 0. The van der Waals surface area contributed by atoms with Gasteiger partial charge >= 0.3 is 12.0 Å². The van der Waals surface area contributed by atoms with Gasteiger partial charge in [-0.1, -0.05) is 30.3 Å². The molecule has 1 saturated heterocycles. The fourth-order valence-electron chi connectivity index (χ4n) is 3.50. The fraction of sp³-hybridized carbons (Fsp3) is 0.318. The second kappa shape index (κ2) is 9.23. The van der Waals surface area contributed by atoms with Crippen molar-refractivity contribution < 1.29 is 19.5 Å². The Morgan fingerprint density at radius 3 is 2.66 bits per heavy atom. The highest BCUT2D eigenvalue weighted by Gasteiger charge is 2.29. The Kier molecular flexibility index (Phi) is 6.49. The van der Waals surface area contributed by atoms with E-state index in [1.165, 1.54) is 0 Å². The quantitative estimate of drug-likeness (QED) is 0.721. The zero-order valence-electron chi connectivity index (χ0n) is 16.4. The van der Waals surface area contributed by atoms with E-state index in [0.717, 1.165) is 17.7 Å². The number of carbonyl (C=O) groups is 3. The number of aryl methyl sites for hydroxylation is 1. The van der Waals surface area contributed by atoms with Crippen LogP contribution in [-0.4, -0.2) is 41.0 Å². The van der Waals surface area contributed by atoms with Crippen LogP contribution in [0.4, 0.5) is 16.2 Å². The molecule has 7 heteroatoms. The molecule has 0 bridgehead atoms. The van der Waals surface area contributed by atoms with Crippen molar-refractivity contribution in [3.8, 4) is 0 Å². The maximum Gasteiger partial charge on any atom is 0.321 e. The summed E-state index contributed by atoms with van der Waals surface area (Å²) in [7, 11) is 0. The van der Waals surface area contributed by atoms with Crippen molar-refractivity contribution in [1.29, 1.82) is 0 Å². The number of nitrogens with zero attached hydrogens (tertiary/aromatic N) is 1. The van der Waals surface area contributed by atoms with E-state index >= 15 is 0 Å². The molecule has 0 aromatic heterocycles. The number of amides is 3. The van der Waals surface area contributed by atoms with E-state index in [1.54, 1.807) is 29.2 Å². The topological polar surface area (TPSA) is 98.7 Å². The Morgan fingerprint density at radius 2 is 1.90 bits per heavy atom. The number of anilines is 2. The minimum Gasteiger partial charge on any atom is -0.481 e. The molecule has 2 aromatic carbocycles. The average Bonchev–Trinajstić information content (AvgIpc) is 2.69. The molecule has 1 fully saturated rings. The predicted molar refractivity (Wildman–Crippen MR) is 111 cm³/mol. The molecule has 1 aliphatic rings. The van der Waals surface area contributed by atoms with Crippen LogP contribution in [0.1, 0.15) is 24.0 Å². The molecule has 0 aliphatic carbocycles. The Labute approximate surface area is 169 Å². The maximum absolute atomic E-state index is 12.8. The summed E-state index contributed by atoms with van der Waals surface area (Å²) in [5.74, 6) is -1.50. The summed E-state index contributed by atoms with van der Waals surface area (Å²) in [6, 6.07) is 14.2. The Balaban J connectivity index is 1.62. The lowest BCUT2D eigenvalue weighted by Crippen LogP contribution is -2.45. The third kappa shape index (κ3) is 5.57. The number of rotatable bonds is 5. The van der Waals surface area contributed by atoms with Crippen LogP contribution in [0.15, 0.2) is 48.5 Å². The molecule has 29 heavy (non-hydrogen) atoms. The largest absolute Gasteiger partial charge is 0.481 e. The molecule has 3 amide bonds. The minimum absolute atomic E-state index is 0.161. The van der Waals surface area contributed by atoms with Crippen molar-refractivity contribution in [2.75, 3.05) is 23.7 Å². The molecule has 7 nitrogen and oxygen atoms in total. The third-order valence-electron chi connectivity index (χ3n) is 4.97. The normalized spacial score (nSPS) is 16.2. The van der Waals surface area contributed by atoms with Gasteiger partial charge in [0.1, 0.15) is 0 Å². The summed E-state index contributed by atoms with van der Waals surface area (Å²) >= 11 is 0. The van der Waals surface area contributed by atoms with Gasteiger partial charge in [0, 0.05) is 24.5 Å². The summed E-state index contributed by atoms with van der Waals surface area (Å²) in [6.07, 6.45) is 1.25. The van der Waals surface area contributed by atoms with Crippen LogP contribution >= 0.6 is 0 Å². The Morgan fingerprint density at radius 1 is 1.10 bits per heavy atom. The lowest BCUT2D eigenvalue weighted by atomic mass is 9.97. The number of piperidine rings is 1. The van der Waals surface area contributed by atoms with Crippen LogP contribution in [-0.2, 0) is 16.0 Å². The number of likely N-dealkylation sites (tertiary alicyclic amines) is 1.